The Morgan fingerprint density at radius 3 is 2.29 bits per heavy atom. The molecule has 0 fully saturated rings. The van der Waals surface area contributed by atoms with Crippen LogP contribution in [0.4, 0.5) is 4.79 Å². The second-order valence-corrected chi connectivity index (χ2v) is 5.08. The lowest BCUT2D eigenvalue weighted by atomic mass is 10.0. The summed E-state index contributed by atoms with van der Waals surface area (Å²) in [6.45, 7) is 4.45. The number of hydrogen-bond acceptors (Lipinski definition) is 2. The Kier molecular flexibility index (Phi) is 6.72. The molecule has 0 radical (unpaired) electrons. The normalized spacial score (nSPS) is 10.5. The van der Waals surface area contributed by atoms with Crippen LogP contribution in [-0.2, 0) is 17.8 Å². The Labute approximate surface area is 126 Å². The molecule has 1 rings (SSSR count). The van der Waals surface area contributed by atoms with E-state index in [2.05, 4.69) is 19.2 Å². The van der Waals surface area contributed by atoms with E-state index in [9.17, 15) is 9.59 Å². The summed E-state index contributed by atoms with van der Waals surface area (Å²) in [5.74, 6) is -0.872. The van der Waals surface area contributed by atoms with Gasteiger partial charge in [0.2, 0.25) is 0 Å². The van der Waals surface area contributed by atoms with Gasteiger partial charge in [-0.3, -0.25) is 4.79 Å². The standard InChI is InChI=1S/C16H24N2O3/c1-4-14(5-2)18(3)16(21)17-11-13-9-7-6-8-12(13)10-15(19)20/h6-9,14H,4-5,10-11H2,1-3H3,(H,17,21)(H,19,20). The van der Waals surface area contributed by atoms with Crippen molar-refractivity contribution in [2.75, 3.05) is 7.05 Å². The van der Waals surface area contributed by atoms with Gasteiger partial charge in [0, 0.05) is 19.6 Å². The van der Waals surface area contributed by atoms with E-state index in [0.717, 1.165) is 24.0 Å². The Morgan fingerprint density at radius 1 is 1.19 bits per heavy atom. The van der Waals surface area contributed by atoms with Crippen LogP contribution in [0.3, 0.4) is 0 Å². The van der Waals surface area contributed by atoms with E-state index in [1.165, 1.54) is 0 Å². The maximum atomic E-state index is 12.1. The first-order valence-corrected chi connectivity index (χ1v) is 7.28. The molecule has 0 aromatic heterocycles. The average molecular weight is 292 g/mol. The van der Waals surface area contributed by atoms with Crippen molar-refractivity contribution >= 4 is 12.0 Å². The largest absolute Gasteiger partial charge is 0.481 e. The highest BCUT2D eigenvalue weighted by Gasteiger charge is 2.16. The molecule has 116 valence electrons. The van der Waals surface area contributed by atoms with Crippen molar-refractivity contribution in [2.45, 2.75) is 45.7 Å². The number of rotatable bonds is 7. The lowest BCUT2D eigenvalue weighted by Gasteiger charge is -2.26. The fraction of sp³-hybridized carbons (Fsp3) is 0.500. The first kappa shape index (κ1) is 17.0. The van der Waals surface area contributed by atoms with Gasteiger partial charge in [0.05, 0.1) is 6.42 Å². The number of carboxylic acids is 1. The summed E-state index contributed by atoms with van der Waals surface area (Å²) < 4.78 is 0. The third-order valence-electron chi connectivity index (χ3n) is 3.70. The molecule has 1 aromatic rings. The summed E-state index contributed by atoms with van der Waals surface area (Å²) >= 11 is 0. The van der Waals surface area contributed by atoms with Crippen LogP contribution in [0.1, 0.15) is 37.8 Å². The fourth-order valence-corrected chi connectivity index (χ4v) is 2.36. The topological polar surface area (TPSA) is 69.6 Å². The molecule has 1 aromatic carbocycles. The van der Waals surface area contributed by atoms with Crippen molar-refractivity contribution in [2.24, 2.45) is 0 Å². The predicted octanol–water partition coefficient (Wildman–Crippen LogP) is 2.64. The van der Waals surface area contributed by atoms with Gasteiger partial charge in [-0.25, -0.2) is 4.79 Å². The van der Waals surface area contributed by atoms with Crippen LogP contribution in [0.2, 0.25) is 0 Å². The Bertz CT molecular complexity index is 484. The van der Waals surface area contributed by atoms with Crippen molar-refractivity contribution in [1.29, 1.82) is 0 Å². The molecule has 0 saturated heterocycles. The summed E-state index contributed by atoms with van der Waals surface area (Å²) in [5.41, 5.74) is 1.57. The number of aliphatic carboxylic acids is 1. The van der Waals surface area contributed by atoms with Crippen LogP contribution in [0.25, 0.3) is 0 Å². The number of urea groups is 1. The number of amides is 2. The van der Waals surface area contributed by atoms with Crippen LogP contribution < -0.4 is 5.32 Å². The molecule has 2 amide bonds. The Hall–Kier alpha value is -2.04. The molecular weight excluding hydrogens is 268 g/mol. The molecule has 0 aliphatic rings. The van der Waals surface area contributed by atoms with Crippen molar-refractivity contribution in [3.05, 3.63) is 35.4 Å². The maximum absolute atomic E-state index is 12.1. The SMILES string of the molecule is CCC(CC)N(C)C(=O)NCc1ccccc1CC(=O)O. The third-order valence-corrected chi connectivity index (χ3v) is 3.70. The minimum absolute atomic E-state index is 0.0333. The van der Waals surface area contributed by atoms with Gasteiger partial charge in [0.25, 0.3) is 0 Å². The van der Waals surface area contributed by atoms with E-state index in [0.29, 0.717) is 6.54 Å². The molecule has 0 heterocycles. The smallest absolute Gasteiger partial charge is 0.317 e. The molecule has 0 bridgehead atoms. The van der Waals surface area contributed by atoms with Gasteiger partial charge in [0.15, 0.2) is 0 Å². The van der Waals surface area contributed by atoms with Gasteiger partial charge >= 0.3 is 12.0 Å². The zero-order chi connectivity index (χ0) is 15.8. The van der Waals surface area contributed by atoms with Crippen LogP contribution in [0, 0.1) is 0 Å². The highest BCUT2D eigenvalue weighted by molar-refractivity contribution is 5.74. The molecule has 0 spiro atoms. The van der Waals surface area contributed by atoms with Gasteiger partial charge in [-0.15, -0.1) is 0 Å². The number of carbonyl (C=O) groups is 2. The lowest BCUT2D eigenvalue weighted by Crippen LogP contribution is -2.42. The second kappa shape index (κ2) is 8.29. The highest BCUT2D eigenvalue weighted by Crippen LogP contribution is 2.11. The van der Waals surface area contributed by atoms with Gasteiger partial charge in [-0.1, -0.05) is 38.1 Å². The van der Waals surface area contributed by atoms with Crippen LogP contribution in [0.5, 0.6) is 0 Å². The molecule has 5 nitrogen and oxygen atoms in total. The number of carbonyl (C=O) groups excluding carboxylic acids is 1. The number of nitrogens with zero attached hydrogens (tertiary/aromatic N) is 1. The monoisotopic (exact) mass is 292 g/mol. The fourth-order valence-electron chi connectivity index (χ4n) is 2.36. The summed E-state index contributed by atoms with van der Waals surface area (Å²) in [7, 11) is 1.79. The molecular formula is C16H24N2O3. The van der Waals surface area contributed by atoms with E-state index >= 15 is 0 Å². The van der Waals surface area contributed by atoms with E-state index in [-0.39, 0.29) is 18.5 Å². The Morgan fingerprint density at radius 2 is 1.76 bits per heavy atom. The molecule has 0 aliphatic heterocycles. The van der Waals surface area contributed by atoms with E-state index in [4.69, 9.17) is 5.11 Å². The molecule has 2 N–H and O–H groups in total. The second-order valence-electron chi connectivity index (χ2n) is 5.08. The van der Waals surface area contributed by atoms with Crippen LogP contribution in [0.15, 0.2) is 24.3 Å². The van der Waals surface area contributed by atoms with Crippen LogP contribution in [-0.4, -0.2) is 35.1 Å². The van der Waals surface area contributed by atoms with Gasteiger partial charge in [0.1, 0.15) is 0 Å². The highest BCUT2D eigenvalue weighted by atomic mass is 16.4. The number of benzene rings is 1. The summed E-state index contributed by atoms with van der Waals surface area (Å²) in [4.78, 5) is 24.7. The molecule has 21 heavy (non-hydrogen) atoms. The molecule has 0 saturated carbocycles. The first-order valence-electron chi connectivity index (χ1n) is 7.28. The van der Waals surface area contributed by atoms with Gasteiger partial charge in [-0.2, -0.15) is 0 Å². The minimum Gasteiger partial charge on any atom is -0.481 e. The third kappa shape index (κ3) is 5.10. The lowest BCUT2D eigenvalue weighted by molar-refractivity contribution is -0.136. The maximum Gasteiger partial charge on any atom is 0.317 e. The summed E-state index contributed by atoms with van der Waals surface area (Å²) in [6, 6.07) is 7.36. The quantitative estimate of drug-likeness (QED) is 0.811. The van der Waals surface area contributed by atoms with Gasteiger partial charge in [-0.05, 0) is 24.0 Å². The molecule has 0 aliphatic carbocycles. The van der Waals surface area contributed by atoms with E-state index in [1.54, 1.807) is 24.1 Å². The van der Waals surface area contributed by atoms with Crippen LogP contribution >= 0.6 is 0 Å². The molecule has 0 unspecified atom stereocenters. The predicted molar refractivity (Wildman–Crippen MR) is 82.2 cm³/mol. The van der Waals surface area contributed by atoms with Crippen molar-refractivity contribution < 1.29 is 14.7 Å². The zero-order valence-corrected chi connectivity index (χ0v) is 12.9. The number of carboxylic acid groups (broad SMARTS) is 1. The summed E-state index contributed by atoms with van der Waals surface area (Å²) in [5, 5.41) is 11.8. The van der Waals surface area contributed by atoms with Gasteiger partial charge < -0.3 is 15.3 Å². The molecule has 0 atom stereocenters. The van der Waals surface area contributed by atoms with E-state index < -0.39 is 5.97 Å². The minimum atomic E-state index is -0.872. The number of nitrogens with one attached hydrogen (secondary N) is 1. The number of hydrogen-bond donors (Lipinski definition) is 2. The Balaban J connectivity index is 2.66. The molecule has 5 heteroatoms. The van der Waals surface area contributed by atoms with Crippen molar-refractivity contribution in [3.8, 4) is 0 Å². The van der Waals surface area contributed by atoms with E-state index in [1.807, 2.05) is 12.1 Å². The summed E-state index contributed by atoms with van der Waals surface area (Å²) in [6.07, 6.45) is 1.79. The zero-order valence-electron chi connectivity index (χ0n) is 12.9. The van der Waals surface area contributed by atoms with Crippen molar-refractivity contribution in [3.63, 3.8) is 0 Å². The first-order chi connectivity index (χ1) is 9.99. The van der Waals surface area contributed by atoms with Crippen molar-refractivity contribution in [1.82, 2.24) is 10.2 Å². The average Bonchev–Trinajstić information content (AvgIpc) is 2.46.